The van der Waals surface area contributed by atoms with Crippen molar-refractivity contribution in [3.05, 3.63) is 42.0 Å². The third-order valence-electron chi connectivity index (χ3n) is 5.53. The van der Waals surface area contributed by atoms with E-state index in [1.807, 2.05) is 0 Å². The fraction of sp³-hybridized carbons (Fsp3) is 0.609. The first-order valence-corrected chi connectivity index (χ1v) is 11.5. The molecule has 0 radical (unpaired) electrons. The van der Waals surface area contributed by atoms with Crippen LogP contribution in [0.5, 0.6) is 0 Å². The first-order valence-electron chi connectivity index (χ1n) is 11.5. The molecule has 0 spiro atoms. The summed E-state index contributed by atoms with van der Waals surface area (Å²) in [6.45, 7) is 9.85. The standard InChI is InChI=1S/C23H37N7/c1-3-24-23(25-16-11-18-29(4-2)20-12-7-5-8-13-20)26-17-15-22-28-27-21-14-9-6-10-19-30(21)22/h5,7-8,12-13H,3-4,6,9-11,14-19H2,1-2H3,(H2,24,25,26). The van der Waals surface area contributed by atoms with Gasteiger partial charge in [-0.25, -0.2) is 0 Å². The van der Waals surface area contributed by atoms with Crippen LogP contribution in [0.25, 0.3) is 0 Å². The van der Waals surface area contributed by atoms with Crippen LogP contribution < -0.4 is 15.5 Å². The minimum atomic E-state index is 0.805. The highest BCUT2D eigenvalue weighted by atomic mass is 15.3. The van der Waals surface area contributed by atoms with E-state index in [2.05, 4.69) is 74.5 Å². The van der Waals surface area contributed by atoms with Crippen molar-refractivity contribution >= 4 is 11.6 Å². The molecular weight excluding hydrogens is 374 g/mol. The molecule has 7 nitrogen and oxygen atoms in total. The molecule has 0 bridgehead atoms. The van der Waals surface area contributed by atoms with Crippen molar-refractivity contribution in [2.45, 2.75) is 58.9 Å². The van der Waals surface area contributed by atoms with Gasteiger partial charge in [0.1, 0.15) is 11.6 Å². The van der Waals surface area contributed by atoms with Crippen molar-refractivity contribution in [1.82, 2.24) is 25.4 Å². The number of benzene rings is 1. The molecule has 1 aliphatic heterocycles. The summed E-state index contributed by atoms with van der Waals surface area (Å²) in [7, 11) is 0. The van der Waals surface area contributed by atoms with Crippen molar-refractivity contribution < 1.29 is 0 Å². The predicted octanol–water partition coefficient (Wildman–Crippen LogP) is 3.02. The van der Waals surface area contributed by atoms with Crippen LogP contribution in [0.15, 0.2) is 35.3 Å². The van der Waals surface area contributed by atoms with E-state index in [1.165, 1.54) is 24.9 Å². The van der Waals surface area contributed by atoms with Gasteiger partial charge in [-0.2, -0.15) is 0 Å². The fourth-order valence-electron chi connectivity index (χ4n) is 3.93. The Morgan fingerprint density at radius 1 is 1.10 bits per heavy atom. The van der Waals surface area contributed by atoms with E-state index in [0.717, 1.165) is 76.1 Å². The van der Waals surface area contributed by atoms with Crippen molar-refractivity contribution in [2.24, 2.45) is 4.99 Å². The van der Waals surface area contributed by atoms with Gasteiger partial charge in [0.05, 0.1) is 0 Å². The lowest BCUT2D eigenvalue weighted by atomic mass is 10.2. The number of nitrogens with zero attached hydrogens (tertiary/aromatic N) is 5. The number of guanidine groups is 1. The third kappa shape index (κ3) is 6.47. The highest BCUT2D eigenvalue weighted by molar-refractivity contribution is 5.79. The van der Waals surface area contributed by atoms with Crippen molar-refractivity contribution in [3.8, 4) is 0 Å². The van der Waals surface area contributed by atoms with Gasteiger partial charge in [0.25, 0.3) is 0 Å². The minimum Gasteiger partial charge on any atom is -0.372 e. The first kappa shape index (κ1) is 22.1. The molecule has 1 aliphatic rings. The summed E-state index contributed by atoms with van der Waals surface area (Å²) in [6, 6.07) is 10.6. The maximum absolute atomic E-state index is 4.76. The van der Waals surface area contributed by atoms with Crippen LogP contribution in [-0.4, -0.2) is 53.4 Å². The lowest BCUT2D eigenvalue weighted by molar-refractivity contribution is 0.600. The maximum Gasteiger partial charge on any atom is 0.191 e. The molecule has 164 valence electrons. The Kier molecular flexibility index (Phi) is 9.00. The molecule has 0 amide bonds. The number of aliphatic imine (C=N–C) groups is 1. The zero-order chi connectivity index (χ0) is 21.0. The second-order valence-electron chi connectivity index (χ2n) is 7.70. The molecule has 0 unspecified atom stereocenters. The molecule has 0 atom stereocenters. The van der Waals surface area contributed by atoms with E-state index in [-0.39, 0.29) is 0 Å². The minimum absolute atomic E-state index is 0.805. The molecule has 2 aromatic rings. The number of rotatable bonds is 10. The molecule has 1 aromatic heterocycles. The van der Waals surface area contributed by atoms with Crippen LogP contribution >= 0.6 is 0 Å². The van der Waals surface area contributed by atoms with E-state index >= 15 is 0 Å². The molecule has 7 heteroatoms. The Morgan fingerprint density at radius 3 is 2.77 bits per heavy atom. The van der Waals surface area contributed by atoms with E-state index in [1.54, 1.807) is 0 Å². The van der Waals surface area contributed by atoms with Crippen molar-refractivity contribution in [3.63, 3.8) is 0 Å². The van der Waals surface area contributed by atoms with E-state index in [4.69, 9.17) is 4.99 Å². The SMILES string of the molecule is CCNC(=NCCCN(CC)c1ccccc1)NCCc1nnc2n1CCCCC2. The van der Waals surface area contributed by atoms with Gasteiger partial charge in [-0.1, -0.05) is 24.6 Å². The molecule has 0 aliphatic carbocycles. The average Bonchev–Trinajstić information content (AvgIpc) is 3.00. The number of fused-ring (bicyclic) bond motifs is 1. The van der Waals surface area contributed by atoms with Crippen LogP contribution in [0.1, 0.15) is 51.2 Å². The summed E-state index contributed by atoms with van der Waals surface area (Å²) in [6.07, 6.45) is 6.70. The topological polar surface area (TPSA) is 70.4 Å². The second-order valence-corrected chi connectivity index (χ2v) is 7.70. The number of nitrogens with one attached hydrogen (secondary N) is 2. The molecule has 3 rings (SSSR count). The predicted molar refractivity (Wildman–Crippen MR) is 124 cm³/mol. The Labute approximate surface area is 181 Å². The van der Waals surface area contributed by atoms with Crippen LogP contribution in [0.4, 0.5) is 5.69 Å². The molecule has 1 aromatic carbocycles. The Bertz CT molecular complexity index is 769. The van der Waals surface area contributed by atoms with Gasteiger partial charge in [0.15, 0.2) is 5.96 Å². The lowest BCUT2D eigenvalue weighted by Crippen LogP contribution is -2.38. The van der Waals surface area contributed by atoms with Crippen LogP contribution in [0.3, 0.4) is 0 Å². The highest BCUT2D eigenvalue weighted by Crippen LogP contribution is 2.15. The van der Waals surface area contributed by atoms with Gasteiger partial charge in [0, 0.05) is 57.8 Å². The largest absolute Gasteiger partial charge is 0.372 e. The summed E-state index contributed by atoms with van der Waals surface area (Å²) >= 11 is 0. The monoisotopic (exact) mass is 411 g/mol. The lowest BCUT2D eigenvalue weighted by Gasteiger charge is -2.22. The van der Waals surface area contributed by atoms with Gasteiger partial charge in [-0.3, -0.25) is 4.99 Å². The second kappa shape index (κ2) is 12.2. The number of aryl methyl sites for hydroxylation is 1. The highest BCUT2D eigenvalue weighted by Gasteiger charge is 2.14. The van der Waals surface area contributed by atoms with E-state index < -0.39 is 0 Å². The molecule has 2 N–H and O–H groups in total. The van der Waals surface area contributed by atoms with Crippen LogP contribution in [0, 0.1) is 0 Å². The number of anilines is 1. The Balaban J connectivity index is 1.45. The summed E-state index contributed by atoms with van der Waals surface area (Å²) in [5, 5.41) is 15.6. The summed E-state index contributed by atoms with van der Waals surface area (Å²) in [4.78, 5) is 7.16. The average molecular weight is 412 g/mol. The molecule has 2 heterocycles. The van der Waals surface area contributed by atoms with Crippen LogP contribution in [-0.2, 0) is 19.4 Å². The molecule has 0 saturated carbocycles. The number of hydrogen-bond acceptors (Lipinski definition) is 4. The Hall–Kier alpha value is -2.57. The number of para-hydroxylation sites is 1. The van der Waals surface area contributed by atoms with Crippen molar-refractivity contribution in [2.75, 3.05) is 37.6 Å². The zero-order valence-electron chi connectivity index (χ0n) is 18.6. The van der Waals surface area contributed by atoms with Gasteiger partial charge < -0.3 is 20.1 Å². The smallest absolute Gasteiger partial charge is 0.191 e. The van der Waals surface area contributed by atoms with Gasteiger partial charge in [-0.15, -0.1) is 10.2 Å². The van der Waals surface area contributed by atoms with E-state index in [0.29, 0.717) is 0 Å². The van der Waals surface area contributed by atoms with Crippen molar-refractivity contribution in [1.29, 1.82) is 0 Å². The molecular formula is C23H37N7. The molecule has 30 heavy (non-hydrogen) atoms. The maximum atomic E-state index is 4.76. The fourth-order valence-corrected chi connectivity index (χ4v) is 3.93. The van der Waals surface area contributed by atoms with Crippen LogP contribution in [0.2, 0.25) is 0 Å². The molecule has 0 saturated heterocycles. The van der Waals surface area contributed by atoms with E-state index in [9.17, 15) is 0 Å². The summed E-state index contributed by atoms with van der Waals surface area (Å²) in [5.41, 5.74) is 1.28. The normalized spacial score (nSPS) is 14.1. The third-order valence-corrected chi connectivity index (χ3v) is 5.53. The zero-order valence-corrected chi connectivity index (χ0v) is 18.6. The Morgan fingerprint density at radius 2 is 1.97 bits per heavy atom. The number of aromatic nitrogens is 3. The summed E-state index contributed by atoms with van der Waals surface area (Å²) < 4.78 is 2.32. The first-order chi connectivity index (χ1) is 14.8. The molecule has 0 fully saturated rings. The quantitative estimate of drug-likeness (QED) is 0.357. The van der Waals surface area contributed by atoms with Gasteiger partial charge in [-0.05, 0) is 45.2 Å². The van der Waals surface area contributed by atoms with Gasteiger partial charge >= 0.3 is 0 Å². The number of hydrogen-bond donors (Lipinski definition) is 2. The summed E-state index contributed by atoms with van der Waals surface area (Å²) in [5.74, 6) is 3.13. The van der Waals surface area contributed by atoms with Gasteiger partial charge in [0.2, 0.25) is 0 Å².